The first-order valence-corrected chi connectivity index (χ1v) is 7.95. The molecular formula is C15H14Cl2OS. The lowest BCUT2D eigenvalue weighted by atomic mass is 10.1. The molecule has 1 N–H and O–H groups in total. The molecule has 4 heteroatoms. The van der Waals surface area contributed by atoms with Crippen molar-refractivity contribution in [2.24, 2.45) is 0 Å². The van der Waals surface area contributed by atoms with Crippen LogP contribution in [0.3, 0.4) is 0 Å². The summed E-state index contributed by atoms with van der Waals surface area (Å²) in [5.74, 6) is 0. The van der Waals surface area contributed by atoms with E-state index in [2.05, 4.69) is 6.07 Å². The first-order chi connectivity index (χ1) is 9.15. The van der Waals surface area contributed by atoms with Gasteiger partial charge in [-0.05, 0) is 42.5 Å². The summed E-state index contributed by atoms with van der Waals surface area (Å²) >= 11 is 13.9. The van der Waals surface area contributed by atoms with E-state index in [0.717, 1.165) is 23.3 Å². The molecule has 1 aromatic heterocycles. The van der Waals surface area contributed by atoms with Crippen molar-refractivity contribution in [1.29, 1.82) is 0 Å². The fraction of sp³-hybridized carbons (Fsp3) is 0.333. The van der Waals surface area contributed by atoms with Crippen LogP contribution >= 0.6 is 34.5 Å². The zero-order valence-electron chi connectivity index (χ0n) is 10.3. The van der Waals surface area contributed by atoms with Crippen molar-refractivity contribution in [1.82, 2.24) is 0 Å². The summed E-state index contributed by atoms with van der Waals surface area (Å²) in [4.78, 5) is 2.48. The third-order valence-corrected chi connectivity index (χ3v) is 5.74. The maximum absolute atomic E-state index is 10.4. The van der Waals surface area contributed by atoms with Crippen LogP contribution in [0.15, 0.2) is 24.3 Å². The lowest BCUT2D eigenvalue weighted by molar-refractivity contribution is 0.182. The number of aliphatic hydroxyl groups is 1. The largest absolute Gasteiger partial charge is 0.387 e. The molecule has 1 aliphatic carbocycles. The maximum atomic E-state index is 10.4. The first-order valence-electron chi connectivity index (χ1n) is 6.37. The summed E-state index contributed by atoms with van der Waals surface area (Å²) in [5.41, 5.74) is 2.31. The highest BCUT2D eigenvalue weighted by atomic mass is 35.5. The van der Waals surface area contributed by atoms with Crippen molar-refractivity contribution in [3.8, 4) is 0 Å². The SMILES string of the molecule is OC(Cc1cccc(Cl)c1Cl)c1cc2c(s1)CCC2. The highest BCUT2D eigenvalue weighted by molar-refractivity contribution is 7.12. The van der Waals surface area contributed by atoms with Crippen LogP contribution in [0.4, 0.5) is 0 Å². The first kappa shape index (κ1) is 13.4. The Morgan fingerprint density at radius 2 is 2.11 bits per heavy atom. The quantitative estimate of drug-likeness (QED) is 0.861. The van der Waals surface area contributed by atoms with Crippen LogP contribution < -0.4 is 0 Å². The topological polar surface area (TPSA) is 20.2 Å². The standard InChI is InChI=1S/C15H14Cl2OS/c16-11-5-1-4-10(15(11)17)7-12(18)14-8-9-3-2-6-13(9)19-14/h1,4-5,8,12,18H,2-3,6-7H2. The molecular weight excluding hydrogens is 299 g/mol. The summed E-state index contributed by atoms with van der Waals surface area (Å²) in [6, 6.07) is 7.69. The zero-order valence-corrected chi connectivity index (χ0v) is 12.7. The van der Waals surface area contributed by atoms with Crippen LogP contribution in [-0.4, -0.2) is 5.11 Å². The normalized spacial score (nSPS) is 15.5. The van der Waals surface area contributed by atoms with Crippen LogP contribution in [-0.2, 0) is 19.3 Å². The number of halogens is 2. The van der Waals surface area contributed by atoms with E-state index in [4.69, 9.17) is 23.2 Å². The molecule has 0 spiro atoms. The van der Waals surface area contributed by atoms with Crippen LogP contribution in [0.1, 0.15) is 33.4 Å². The van der Waals surface area contributed by atoms with Gasteiger partial charge in [0.1, 0.15) is 0 Å². The lowest BCUT2D eigenvalue weighted by Crippen LogP contribution is -2.00. The zero-order chi connectivity index (χ0) is 13.4. The van der Waals surface area contributed by atoms with Crippen LogP contribution in [0.25, 0.3) is 0 Å². The Hall–Kier alpha value is -0.540. The predicted octanol–water partition coefficient (Wildman–Crippen LogP) is 4.82. The summed E-state index contributed by atoms with van der Waals surface area (Å²) < 4.78 is 0. The van der Waals surface area contributed by atoms with E-state index in [1.807, 2.05) is 12.1 Å². The van der Waals surface area contributed by atoms with Crippen LogP contribution in [0.5, 0.6) is 0 Å². The van der Waals surface area contributed by atoms with Gasteiger partial charge in [-0.2, -0.15) is 0 Å². The molecule has 100 valence electrons. The Balaban J connectivity index is 1.80. The lowest BCUT2D eigenvalue weighted by Gasteiger charge is -2.11. The number of hydrogen-bond donors (Lipinski definition) is 1. The molecule has 0 bridgehead atoms. The molecule has 3 rings (SSSR count). The van der Waals surface area contributed by atoms with Gasteiger partial charge in [0, 0.05) is 16.2 Å². The van der Waals surface area contributed by atoms with E-state index in [1.54, 1.807) is 17.4 Å². The molecule has 1 unspecified atom stereocenters. The average molecular weight is 313 g/mol. The second kappa shape index (κ2) is 5.45. The summed E-state index contributed by atoms with van der Waals surface area (Å²) in [7, 11) is 0. The Bertz CT molecular complexity index is 585. The van der Waals surface area contributed by atoms with E-state index >= 15 is 0 Å². The van der Waals surface area contributed by atoms with Gasteiger partial charge in [-0.15, -0.1) is 11.3 Å². The Morgan fingerprint density at radius 1 is 1.26 bits per heavy atom. The maximum Gasteiger partial charge on any atom is 0.0922 e. The molecule has 19 heavy (non-hydrogen) atoms. The van der Waals surface area contributed by atoms with Gasteiger partial charge in [0.2, 0.25) is 0 Å². The molecule has 1 aromatic carbocycles. The van der Waals surface area contributed by atoms with Crippen molar-refractivity contribution < 1.29 is 5.11 Å². The van der Waals surface area contributed by atoms with Crippen LogP contribution in [0.2, 0.25) is 10.0 Å². The molecule has 1 atom stereocenters. The molecule has 1 aliphatic rings. The highest BCUT2D eigenvalue weighted by Gasteiger charge is 2.19. The minimum absolute atomic E-state index is 0.494. The van der Waals surface area contributed by atoms with Crippen molar-refractivity contribution in [3.05, 3.63) is 55.2 Å². The van der Waals surface area contributed by atoms with E-state index in [1.165, 1.54) is 16.9 Å². The van der Waals surface area contributed by atoms with Gasteiger partial charge < -0.3 is 5.11 Å². The minimum Gasteiger partial charge on any atom is -0.387 e. The fourth-order valence-corrected chi connectivity index (χ4v) is 4.17. The van der Waals surface area contributed by atoms with Gasteiger partial charge in [-0.3, -0.25) is 0 Å². The van der Waals surface area contributed by atoms with Gasteiger partial charge in [0.05, 0.1) is 16.1 Å². The second-order valence-corrected chi connectivity index (χ2v) is 6.84. The van der Waals surface area contributed by atoms with E-state index in [0.29, 0.717) is 16.5 Å². The Morgan fingerprint density at radius 3 is 2.89 bits per heavy atom. The molecule has 0 radical (unpaired) electrons. The Kier molecular flexibility index (Phi) is 3.86. The molecule has 0 saturated heterocycles. The van der Waals surface area contributed by atoms with Gasteiger partial charge in [0.25, 0.3) is 0 Å². The molecule has 2 aromatic rings. The molecule has 1 heterocycles. The van der Waals surface area contributed by atoms with Gasteiger partial charge in [0.15, 0.2) is 0 Å². The van der Waals surface area contributed by atoms with E-state index in [-0.39, 0.29) is 0 Å². The number of hydrogen-bond acceptors (Lipinski definition) is 2. The third kappa shape index (κ3) is 2.68. The molecule has 0 aliphatic heterocycles. The minimum atomic E-state index is -0.494. The third-order valence-electron chi connectivity index (χ3n) is 3.54. The van der Waals surface area contributed by atoms with Gasteiger partial charge in [-0.1, -0.05) is 35.3 Å². The van der Waals surface area contributed by atoms with Gasteiger partial charge in [-0.25, -0.2) is 0 Å². The number of aryl methyl sites for hydroxylation is 2. The predicted molar refractivity (Wildman–Crippen MR) is 81.5 cm³/mol. The molecule has 0 amide bonds. The fourth-order valence-electron chi connectivity index (χ4n) is 2.53. The van der Waals surface area contributed by atoms with Crippen molar-refractivity contribution >= 4 is 34.5 Å². The number of benzene rings is 1. The summed E-state index contributed by atoms with van der Waals surface area (Å²) in [6.07, 6.45) is 3.57. The summed E-state index contributed by atoms with van der Waals surface area (Å²) in [6.45, 7) is 0. The van der Waals surface area contributed by atoms with Gasteiger partial charge >= 0.3 is 0 Å². The average Bonchev–Trinajstić information content (AvgIpc) is 2.95. The number of aliphatic hydroxyl groups excluding tert-OH is 1. The number of thiophene rings is 1. The van der Waals surface area contributed by atoms with Crippen LogP contribution in [0, 0.1) is 0 Å². The number of rotatable bonds is 3. The smallest absolute Gasteiger partial charge is 0.0922 e. The number of fused-ring (bicyclic) bond motifs is 1. The van der Waals surface area contributed by atoms with E-state index < -0.39 is 6.10 Å². The van der Waals surface area contributed by atoms with E-state index in [9.17, 15) is 5.11 Å². The molecule has 0 saturated carbocycles. The Labute approximate surface area is 126 Å². The van der Waals surface area contributed by atoms with Crippen molar-refractivity contribution in [3.63, 3.8) is 0 Å². The monoisotopic (exact) mass is 312 g/mol. The molecule has 0 fully saturated rings. The van der Waals surface area contributed by atoms with Crippen molar-refractivity contribution in [2.45, 2.75) is 31.8 Å². The second-order valence-electron chi connectivity index (χ2n) is 4.88. The van der Waals surface area contributed by atoms with Crippen molar-refractivity contribution in [2.75, 3.05) is 0 Å². The highest BCUT2D eigenvalue weighted by Crippen LogP contribution is 2.36. The summed E-state index contributed by atoms with van der Waals surface area (Å²) in [5, 5.41) is 11.4. The molecule has 1 nitrogen and oxygen atoms in total.